The monoisotopic (exact) mass is 345 g/mol. The molecule has 0 aliphatic carbocycles. The third kappa shape index (κ3) is 2.48. The molecule has 1 saturated heterocycles. The van der Waals surface area contributed by atoms with Crippen LogP contribution in [-0.4, -0.2) is 22.2 Å². The van der Waals surface area contributed by atoms with E-state index in [4.69, 9.17) is 0 Å². The molecule has 0 spiro atoms. The molecule has 1 aromatic rings. The molecular weight excluding hydrogens is 334 g/mol. The van der Waals surface area contributed by atoms with Gasteiger partial charge in [-0.15, -0.1) is 0 Å². The van der Waals surface area contributed by atoms with Crippen LogP contribution >= 0.6 is 31.9 Å². The summed E-state index contributed by atoms with van der Waals surface area (Å²) in [6.07, 6.45) is 0.612. The molecule has 1 aliphatic heterocycles. The van der Waals surface area contributed by atoms with Gasteiger partial charge in [0.05, 0.1) is 6.04 Å². The Balaban J connectivity index is 2.16. The number of carbonyl (C=O) groups excluding carboxylic acids is 1. The Labute approximate surface area is 112 Å². The topological polar surface area (TPSA) is 20.3 Å². The van der Waals surface area contributed by atoms with Crippen LogP contribution in [0.1, 0.15) is 24.9 Å². The Bertz CT molecular complexity index is 391. The van der Waals surface area contributed by atoms with Crippen LogP contribution in [0.3, 0.4) is 0 Å². The quantitative estimate of drug-likeness (QED) is 0.750. The Morgan fingerprint density at radius 3 is 2.50 bits per heavy atom. The highest BCUT2D eigenvalue weighted by atomic mass is 79.9. The maximum Gasteiger partial charge on any atom is 0.224 e. The van der Waals surface area contributed by atoms with Gasteiger partial charge in [0, 0.05) is 22.3 Å². The molecule has 1 heterocycles. The molecule has 2 nitrogen and oxygen atoms in total. The fourth-order valence-electron chi connectivity index (χ4n) is 1.98. The number of likely N-dealkylation sites (tertiary alicyclic amines) is 1. The molecule has 0 N–H and O–H groups in total. The summed E-state index contributed by atoms with van der Waals surface area (Å²) < 4.78 is 1.06. The van der Waals surface area contributed by atoms with E-state index < -0.39 is 0 Å². The molecule has 1 unspecified atom stereocenters. The van der Waals surface area contributed by atoms with Crippen LogP contribution in [0.25, 0.3) is 0 Å². The van der Waals surface area contributed by atoms with Crippen molar-refractivity contribution in [2.24, 2.45) is 0 Å². The largest absolute Gasteiger partial charge is 0.335 e. The molecule has 4 heteroatoms. The SMILES string of the molecule is C[C@@H](c1ccc(Br)cc1)N1CC(Br)CC1=O. The minimum Gasteiger partial charge on any atom is -0.335 e. The molecule has 0 bridgehead atoms. The predicted octanol–water partition coefficient (Wildman–Crippen LogP) is 3.51. The third-order valence-electron chi connectivity index (χ3n) is 2.93. The zero-order chi connectivity index (χ0) is 11.7. The highest BCUT2D eigenvalue weighted by Gasteiger charge is 2.31. The van der Waals surface area contributed by atoms with Crippen LogP contribution in [0.4, 0.5) is 0 Å². The van der Waals surface area contributed by atoms with Crippen molar-refractivity contribution in [2.45, 2.75) is 24.2 Å². The lowest BCUT2D eigenvalue weighted by Crippen LogP contribution is -2.28. The fourth-order valence-corrected chi connectivity index (χ4v) is 2.84. The van der Waals surface area contributed by atoms with Gasteiger partial charge in [0.15, 0.2) is 0 Å². The summed E-state index contributed by atoms with van der Waals surface area (Å²) in [6.45, 7) is 2.88. The van der Waals surface area contributed by atoms with E-state index in [0.717, 1.165) is 11.0 Å². The van der Waals surface area contributed by atoms with Gasteiger partial charge in [0.2, 0.25) is 5.91 Å². The second kappa shape index (κ2) is 4.88. The molecule has 1 aliphatic rings. The van der Waals surface area contributed by atoms with Gasteiger partial charge in [0.25, 0.3) is 0 Å². The molecule has 1 amide bonds. The number of amides is 1. The first-order chi connectivity index (χ1) is 7.58. The first-order valence-corrected chi connectivity index (χ1v) is 6.98. The first kappa shape index (κ1) is 12.1. The van der Waals surface area contributed by atoms with Crippen LogP contribution in [0.15, 0.2) is 28.7 Å². The number of halogens is 2. The normalized spacial score (nSPS) is 22.6. The third-order valence-corrected chi connectivity index (χ3v) is 4.07. The molecule has 0 radical (unpaired) electrons. The van der Waals surface area contributed by atoms with Crippen molar-refractivity contribution < 1.29 is 4.79 Å². The van der Waals surface area contributed by atoms with Crippen molar-refractivity contribution in [3.8, 4) is 0 Å². The summed E-state index contributed by atoms with van der Waals surface area (Å²) >= 11 is 6.91. The summed E-state index contributed by atoms with van der Waals surface area (Å²) in [7, 11) is 0. The lowest BCUT2D eigenvalue weighted by molar-refractivity contribution is -0.129. The summed E-state index contributed by atoms with van der Waals surface area (Å²) in [5.41, 5.74) is 1.18. The minimum absolute atomic E-state index is 0.156. The lowest BCUT2D eigenvalue weighted by Gasteiger charge is -2.24. The lowest BCUT2D eigenvalue weighted by atomic mass is 10.1. The second-order valence-corrected chi connectivity index (χ2v) is 6.29. The zero-order valence-corrected chi connectivity index (χ0v) is 12.2. The van der Waals surface area contributed by atoms with Crippen molar-refractivity contribution in [2.75, 3.05) is 6.54 Å². The summed E-state index contributed by atoms with van der Waals surface area (Å²) in [6, 6.07) is 8.30. The van der Waals surface area contributed by atoms with Crippen LogP contribution in [-0.2, 0) is 4.79 Å². The van der Waals surface area contributed by atoms with E-state index in [1.807, 2.05) is 17.0 Å². The molecule has 1 fully saturated rings. The number of carbonyl (C=O) groups is 1. The number of nitrogens with zero attached hydrogens (tertiary/aromatic N) is 1. The number of rotatable bonds is 2. The molecule has 16 heavy (non-hydrogen) atoms. The van der Waals surface area contributed by atoms with Crippen LogP contribution in [0.5, 0.6) is 0 Å². The van der Waals surface area contributed by atoms with E-state index in [1.54, 1.807) is 0 Å². The predicted molar refractivity (Wildman–Crippen MR) is 71.6 cm³/mol. The van der Waals surface area contributed by atoms with Crippen LogP contribution < -0.4 is 0 Å². The fraction of sp³-hybridized carbons (Fsp3) is 0.417. The number of alkyl halides is 1. The molecule has 0 aromatic heterocycles. The van der Waals surface area contributed by atoms with Crippen molar-refractivity contribution in [1.82, 2.24) is 4.90 Å². The number of benzene rings is 1. The summed E-state index contributed by atoms with van der Waals surface area (Å²) in [5.74, 6) is 0.234. The van der Waals surface area contributed by atoms with Crippen molar-refractivity contribution in [3.63, 3.8) is 0 Å². The standard InChI is InChI=1S/C12H13Br2NO/c1-8(9-2-4-10(13)5-3-9)15-7-11(14)6-12(15)16/h2-5,8,11H,6-7H2,1H3/t8-,11?/m0/s1. The van der Waals surface area contributed by atoms with Gasteiger partial charge >= 0.3 is 0 Å². The van der Waals surface area contributed by atoms with Crippen molar-refractivity contribution in [1.29, 1.82) is 0 Å². The van der Waals surface area contributed by atoms with E-state index in [0.29, 0.717) is 11.2 Å². The molecule has 86 valence electrons. The first-order valence-electron chi connectivity index (χ1n) is 5.27. The van der Waals surface area contributed by atoms with Gasteiger partial charge in [-0.2, -0.15) is 0 Å². The van der Waals surface area contributed by atoms with Gasteiger partial charge in [-0.3, -0.25) is 4.79 Å². The maximum absolute atomic E-state index is 11.8. The molecule has 2 atom stereocenters. The highest BCUT2D eigenvalue weighted by molar-refractivity contribution is 9.10. The van der Waals surface area contributed by atoms with Crippen molar-refractivity contribution in [3.05, 3.63) is 34.3 Å². The average Bonchev–Trinajstić information content (AvgIpc) is 2.58. The molecule has 2 rings (SSSR count). The second-order valence-electron chi connectivity index (χ2n) is 4.08. The summed E-state index contributed by atoms with van der Waals surface area (Å²) in [4.78, 5) is 14.0. The van der Waals surface area contributed by atoms with Gasteiger partial charge in [-0.25, -0.2) is 0 Å². The average molecular weight is 347 g/mol. The van der Waals surface area contributed by atoms with E-state index >= 15 is 0 Å². The van der Waals surface area contributed by atoms with Crippen molar-refractivity contribution >= 4 is 37.8 Å². The zero-order valence-electron chi connectivity index (χ0n) is 8.99. The number of hydrogen-bond donors (Lipinski definition) is 0. The van der Waals surface area contributed by atoms with E-state index in [-0.39, 0.29) is 11.9 Å². The van der Waals surface area contributed by atoms with E-state index in [9.17, 15) is 4.79 Å². The van der Waals surface area contributed by atoms with Gasteiger partial charge in [0.1, 0.15) is 0 Å². The van der Waals surface area contributed by atoms with Crippen LogP contribution in [0, 0.1) is 0 Å². The highest BCUT2D eigenvalue weighted by Crippen LogP contribution is 2.28. The maximum atomic E-state index is 11.8. The molecular formula is C12H13Br2NO. The molecule has 1 aromatic carbocycles. The Hall–Kier alpha value is -0.350. The number of hydrogen-bond acceptors (Lipinski definition) is 1. The van der Waals surface area contributed by atoms with E-state index in [1.165, 1.54) is 5.56 Å². The summed E-state index contributed by atoms with van der Waals surface area (Å²) in [5, 5.41) is 0. The Morgan fingerprint density at radius 1 is 1.38 bits per heavy atom. The Morgan fingerprint density at radius 2 is 2.00 bits per heavy atom. The van der Waals surface area contributed by atoms with Gasteiger partial charge < -0.3 is 4.90 Å². The Kier molecular flexibility index (Phi) is 3.70. The van der Waals surface area contributed by atoms with E-state index in [2.05, 4.69) is 50.9 Å². The smallest absolute Gasteiger partial charge is 0.224 e. The van der Waals surface area contributed by atoms with Crippen LogP contribution in [0.2, 0.25) is 0 Å². The van der Waals surface area contributed by atoms with Gasteiger partial charge in [-0.1, -0.05) is 44.0 Å². The van der Waals surface area contributed by atoms with Gasteiger partial charge in [-0.05, 0) is 24.6 Å². The molecule has 0 saturated carbocycles. The minimum atomic E-state index is 0.156.